The molecule has 3 N–H and O–H groups in total. The molecule has 0 amide bonds. The molecule has 1 atom stereocenters. The molecule has 1 aromatic heterocycles. The fraction of sp³-hybridized carbons (Fsp3) is 0.250. The van der Waals surface area contributed by atoms with E-state index in [1.165, 1.54) is 0 Å². The lowest BCUT2D eigenvalue weighted by Crippen LogP contribution is -2.16. The number of anilines is 1. The Kier molecular flexibility index (Phi) is 3.46. The molecule has 2 aromatic rings. The van der Waals surface area contributed by atoms with Gasteiger partial charge < -0.3 is 15.4 Å². The van der Waals surface area contributed by atoms with Crippen molar-refractivity contribution in [2.75, 3.05) is 5.32 Å². The highest BCUT2D eigenvalue weighted by Gasteiger charge is 2.25. The van der Waals surface area contributed by atoms with Crippen LogP contribution in [0.15, 0.2) is 30.5 Å². The Bertz CT molecular complexity index is 710. The van der Waals surface area contributed by atoms with E-state index < -0.39 is 6.23 Å². The van der Waals surface area contributed by atoms with Crippen LogP contribution in [-0.2, 0) is 6.42 Å². The Morgan fingerprint density at radius 3 is 2.76 bits per heavy atom. The monoisotopic (exact) mass is 281 g/mol. The number of nitrogens with zero attached hydrogens (tertiary/aromatic N) is 1. The minimum atomic E-state index is -0.958. The lowest BCUT2D eigenvalue weighted by Gasteiger charge is -2.17. The normalized spacial score (nSPS) is 15.1. The van der Waals surface area contributed by atoms with Gasteiger partial charge in [0.15, 0.2) is 12.0 Å². The number of aromatic amines is 1. The van der Waals surface area contributed by atoms with Gasteiger partial charge in [0.25, 0.3) is 0 Å². The predicted molar refractivity (Wildman–Crippen MR) is 77.8 cm³/mol. The van der Waals surface area contributed by atoms with E-state index in [-0.39, 0.29) is 5.78 Å². The zero-order valence-electron chi connectivity index (χ0n) is 11.4. The molecule has 0 aliphatic heterocycles. The van der Waals surface area contributed by atoms with Crippen LogP contribution in [0.2, 0.25) is 0 Å². The minimum Gasteiger partial charge on any atom is -0.369 e. The summed E-state index contributed by atoms with van der Waals surface area (Å²) in [4.78, 5) is 15.1. The van der Waals surface area contributed by atoms with Gasteiger partial charge in [0.05, 0.1) is 11.6 Å². The van der Waals surface area contributed by atoms with Gasteiger partial charge in [-0.05, 0) is 37.1 Å². The number of hydrogen-bond donors (Lipinski definition) is 3. The van der Waals surface area contributed by atoms with Crippen LogP contribution in [-0.4, -0.2) is 15.9 Å². The van der Waals surface area contributed by atoms with Gasteiger partial charge in [0.1, 0.15) is 0 Å². The molecule has 21 heavy (non-hydrogen) atoms. The number of rotatable bonds is 3. The molecule has 3 rings (SSSR count). The van der Waals surface area contributed by atoms with Crippen molar-refractivity contribution in [1.82, 2.24) is 4.98 Å². The van der Waals surface area contributed by atoms with Gasteiger partial charge in [0.2, 0.25) is 0 Å². The van der Waals surface area contributed by atoms with Gasteiger partial charge in [-0.1, -0.05) is 0 Å². The average molecular weight is 281 g/mol. The quantitative estimate of drug-likeness (QED) is 0.754. The second kappa shape index (κ2) is 5.43. The van der Waals surface area contributed by atoms with Gasteiger partial charge >= 0.3 is 0 Å². The molecule has 1 unspecified atom stereocenters. The third-order valence-corrected chi connectivity index (χ3v) is 3.71. The largest absolute Gasteiger partial charge is 0.369 e. The molecule has 0 saturated heterocycles. The number of aliphatic hydroxyl groups is 1. The van der Waals surface area contributed by atoms with Crippen molar-refractivity contribution in [3.63, 3.8) is 0 Å². The first-order chi connectivity index (χ1) is 10.2. The van der Waals surface area contributed by atoms with E-state index in [9.17, 15) is 9.90 Å². The van der Waals surface area contributed by atoms with Crippen molar-refractivity contribution in [3.05, 3.63) is 52.8 Å². The van der Waals surface area contributed by atoms with E-state index in [0.717, 1.165) is 18.5 Å². The summed E-state index contributed by atoms with van der Waals surface area (Å²) in [6.07, 6.45) is 2.95. The summed E-state index contributed by atoms with van der Waals surface area (Å²) in [6, 6.07) is 8.84. The summed E-state index contributed by atoms with van der Waals surface area (Å²) in [6.45, 7) is 0. The molecule has 0 saturated carbocycles. The summed E-state index contributed by atoms with van der Waals surface area (Å²) in [5.74, 6) is 0.0770. The zero-order chi connectivity index (χ0) is 14.8. The van der Waals surface area contributed by atoms with E-state index in [1.807, 2.05) is 6.07 Å². The molecule has 5 heteroatoms. The van der Waals surface area contributed by atoms with Crippen LogP contribution in [0.25, 0.3) is 0 Å². The van der Waals surface area contributed by atoms with E-state index in [4.69, 9.17) is 5.26 Å². The van der Waals surface area contributed by atoms with Crippen molar-refractivity contribution in [2.24, 2.45) is 0 Å². The van der Waals surface area contributed by atoms with Crippen LogP contribution < -0.4 is 5.32 Å². The molecule has 1 aliphatic carbocycles. The van der Waals surface area contributed by atoms with Gasteiger partial charge in [0, 0.05) is 35.1 Å². The Balaban J connectivity index is 1.82. The van der Waals surface area contributed by atoms with Crippen molar-refractivity contribution in [1.29, 1.82) is 5.26 Å². The molecule has 106 valence electrons. The number of fused-ring (bicyclic) bond motifs is 1. The van der Waals surface area contributed by atoms with Crippen LogP contribution >= 0.6 is 0 Å². The molecule has 1 aliphatic rings. The van der Waals surface area contributed by atoms with E-state index in [0.29, 0.717) is 28.8 Å². The summed E-state index contributed by atoms with van der Waals surface area (Å²) in [5, 5.41) is 22.0. The van der Waals surface area contributed by atoms with Crippen LogP contribution in [0.3, 0.4) is 0 Å². The van der Waals surface area contributed by atoms with Gasteiger partial charge in [-0.25, -0.2) is 0 Å². The molecule has 0 radical (unpaired) electrons. The fourth-order valence-electron chi connectivity index (χ4n) is 2.65. The number of aliphatic hydroxyl groups excluding tert-OH is 1. The number of H-pyrrole nitrogens is 1. The van der Waals surface area contributed by atoms with Crippen LogP contribution in [0.1, 0.15) is 46.2 Å². The first-order valence-electron chi connectivity index (χ1n) is 6.87. The molecule has 0 bridgehead atoms. The maximum Gasteiger partial charge on any atom is 0.165 e. The SMILES string of the molecule is N#Cc1ccc(NC(O)c2c[nH]c3c2C(=O)CCC3)cc1. The van der Waals surface area contributed by atoms with E-state index in [2.05, 4.69) is 10.3 Å². The highest BCUT2D eigenvalue weighted by atomic mass is 16.3. The maximum absolute atomic E-state index is 12.0. The molecule has 5 nitrogen and oxygen atoms in total. The number of benzene rings is 1. The van der Waals surface area contributed by atoms with Crippen molar-refractivity contribution in [2.45, 2.75) is 25.5 Å². The molecular formula is C16H15N3O2. The zero-order valence-corrected chi connectivity index (χ0v) is 11.4. The minimum absolute atomic E-state index is 0.0770. The van der Waals surface area contributed by atoms with Crippen LogP contribution in [0, 0.1) is 11.3 Å². The fourth-order valence-corrected chi connectivity index (χ4v) is 2.65. The summed E-state index contributed by atoms with van der Waals surface area (Å²) in [7, 11) is 0. The van der Waals surface area contributed by atoms with Crippen molar-refractivity contribution >= 4 is 11.5 Å². The molecular weight excluding hydrogens is 266 g/mol. The Labute approximate surface area is 122 Å². The third-order valence-electron chi connectivity index (χ3n) is 3.71. The number of Topliss-reactive ketones (excluding diaryl/α,β-unsaturated/α-hetero) is 1. The number of carbonyl (C=O) groups excluding carboxylic acids is 1. The van der Waals surface area contributed by atoms with Crippen molar-refractivity contribution in [3.8, 4) is 6.07 Å². The van der Waals surface area contributed by atoms with Gasteiger partial charge in [-0.15, -0.1) is 0 Å². The number of aromatic nitrogens is 1. The van der Waals surface area contributed by atoms with Crippen molar-refractivity contribution < 1.29 is 9.90 Å². The molecule has 1 aromatic carbocycles. The smallest absolute Gasteiger partial charge is 0.165 e. The number of hydrogen-bond acceptors (Lipinski definition) is 4. The summed E-state index contributed by atoms with van der Waals surface area (Å²) >= 11 is 0. The number of nitriles is 1. The molecule has 0 spiro atoms. The number of aryl methyl sites for hydroxylation is 1. The number of ketones is 1. The first kappa shape index (κ1) is 13.4. The molecule has 1 heterocycles. The summed E-state index contributed by atoms with van der Waals surface area (Å²) < 4.78 is 0. The Hall–Kier alpha value is -2.58. The van der Waals surface area contributed by atoms with E-state index >= 15 is 0 Å². The van der Waals surface area contributed by atoms with Gasteiger partial charge in [-0.3, -0.25) is 4.79 Å². The first-order valence-corrected chi connectivity index (χ1v) is 6.87. The lowest BCUT2D eigenvalue weighted by molar-refractivity contribution is 0.0967. The average Bonchev–Trinajstić information content (AvgIpc) is 2.93. The molecule has 0 fully saturated rings. The number of nitrogens with one attached hydrogen (secondary N) is 2. The van der Waals surface area contributed by atoms with Gasteiger partial charge in [-0.2, -0.15) is 5.26 Å². The van der Waals surface area contributed by atoms with Crippen LogP contribution in [0.5, 0.6) is 0 Å². The third kappa shape index (κ3) is 2.54. The standard InChI is InChI=1S/C16H15N3O2/c17-8-10-4-6-11(7-5-10)19-16(21)12-9-18-13-2-1-3-14(20)15(12)13/h4-7,9,16,18-19,21H,1-3H2. The summed E-state index contributed by atoms with van der Waals surface area (Å²) in [5.41, 5.74) is 3.36. The number of carbonyl (C=O) groups is 1. The van der Waals surface area contributed by atoms with E-state index in [1.54, 1.807) is 30.5 Å². The second-order valence-electron chi connectivity index (χ2n) is 5.11. The Morgan fingerprint density at radius 1 is 1.29 bits per heavy atom. The highest BCUT2D eigenvalue weighted by molar-refractivity contribution is 5.99. The maximum atomic E-state index is 12.0. The lowest BCUT2D eigenvalue weighted by atomic mass is 9.93. The predicted octanol–water partition coefficient (Wildman–Crippen LogP) is 2.51. The Morgan fingerprint density at radius 2 is 2.05 bits per heavy atom. The van der Waals surface area contributed by atoms with Crippen LogP contribution in [0.4, 0.5) is 5.69 Å². The second-order valence-corrected chi connectivity index (χ2v) is 5.11. The topological polar surface area (TPSA) is 88.9 Å². The highest BCUT2D eigenvalue weighted by Crippen LogP contribution is 2.28.